The highest BCUT2D eigenvalue weighted by atomic mass is 19.1. The molecule has 3 nitrogen and oxygen atoms in total. The molecule has 0 saturated carbocycles. The van der Waals surface area contributed by atoms with E-state index in [2.05, 4.69) is 0 Å². The van der Waals surface area contributed by atoms with Crippen LogP contribution in [0.25, 0.3) is 0 Å². The molecule has 0 aliphatic rings. The summed E-state index contributed by atoms with van der Waals surface area (Å²) in [7, 11) is 0. The van der Waals surface area contributed by atoms with E-state index in [1.807, 2.05) is 0 Å². The third-order valence-electron chi connectivity index (χ3n) is 1.94. The third kappa shape index (κ3) is 2.28. The summed E-state index contributed by atoms with van der Waals surface area (Å²) in [6.07, 6.45) is -0.330. The lowest BCUT2D eigenvalue weighted by Crippen LogP contribution is -2.07. The Morgan fingerprint density at radius 3 is 2.86 bits per heavy atom. The SMILES string of the molecule is N#Cc1cc(C(O)CCN)ccc1F. The van der Waals surface area contributed by atoms with Crippen molar-refractivity contribution in [3.8, 4) is 6.07 Å². The van der Waals surface area contributed by atoms with Crippen LogP contribution in [-0.2, 0) is 0 Å². The first-order valence-electron chi connectivity index (χ1n) is 4.26. The van der Waals surface area contributed by atoms with Crippen molar-refractivity contribution in [2.75, 3.05) is 6.54 Å². The van der Waals surface area contributed by atoms with E-state index in [-0.39, 0.29) is 5.56 Å². The van der Waals surface area contributed by atoms with Gasteiger partial charge in [0.05, 0.1) is 11.7 Å². The Morgan fingerprint density at radius 2 is 2.29 bits per heavy atom. The van der Waals surface area contributed by atoms with Gasteiger partial charge in [-0.1, -0.05) is 6.07 Å². The van der Waals surface area contributed by atoms with Crippen LogP contribution in [0.15, 0.2) is 18.2 Å². The molecule has 0 saturated heterocycles. The number of nitriles is 1. The second kappa shape index (κ2) is 4.70. The fraction of sp³-hybridized carbons (Fsp3) is 0.300. The van der Waals surface area contributed by atoms with Gasteiger partial charge in [-0.2, -0.15) is 5.26 Å². The molecule has 0 amide bonds. The van der Waals surface area contributed by atoms with Gasteiger partial charge in [0.1, 0.15) is 11.9 Å². The quantitative estimate of drug-likeness (QED) is 0.756. The zero-order chi connectivity index (χ0) is 10.6. The van der Waals surface area contributed by atoms with E-state index in [9.17, 15) is 9.50 Å². The summed E-state index contributed by atoms with van der Waals surface area (Å²) in [5, 5.41) is 18.1. The van der Waals surface area contributed by atoms with Gasteiger partial charge in [0.25, 0.3) is 0 Å². The molecule has 74 valence electrons. The summed E-state index contributed by atoms with van der Waals surface area (Å²) < 4.78 is 12.9. The molecule has 1 rings (SSSR count). The number of hydrogen-bond donors (Lipinski definition) is 2. The number of halogens is 1. The maximum absolute atomic E-state index is 12.9. The highest BCUT2D eigenvalue weighted by Crippen LogP contribution is 2.18. The molecule has 0 aliphatic heterocycles. The Kier molecular flexibility index (Phi) is 3.57. The van der Waals surface area contributed by atoms with E-state index in [0.717, 1.165) is 0 Å². The first-order chi connectivity index (χ1) is 6.69. The zero-order valence-electron chi connectivity index (χ0n) is 7.57. The summed E-state index contributed by atoms with van der Waals surface area (Å²) >= 11 is 0. The Bertz CT molecular complexity index is 360. The molecule has 0 aliphatic carbocycles. The Balaban J connectivity index is 2.95. The van der Waals surface area contributed by atoms with Crippen LogP contribution in [0.4, 0.5) is 4.39 Å². The molecule has 1 unspecified atom stereocenters. The van der Waals surface area contributed by atoms with Gasteiger partial charge in [-0.15, -0.1) is 0 Å². The molecular formula is C10H11FN2O. The molecule has 1 aromatic carbocycles. The fourth-order valence-corrected chi connectivity index (χ4v) is 1.16. The van der Waals surface area contributed by atoms with Crippen molar-refractivity contribution in [1.29, 1.82) is 5.26 Å². The average molecular weight is 194 g/mol. The van der Waals surface area contributed by atoms with Crippen LogP contribution >= 0.6 is 0 Å². The summed E-state index contributed by atoms with van der Waals surface area (Å²) in [4.78, 5) is 0. The summed E-state index contributed by atoms with van der Waals surface area (Å²) in [6, 6.07) is 5.69. The molecule has 0 bridgehead atoms. The van der Waals surface area contributed by atoms with E-state index in [1.165, 1.54) is 18.2 Å². The number of aliphatic hydroxyl groups is 1. The van der Waals surface area contributed by atoms with Crippen LogP contribution in [0.5, 0.6) is 0 Å². The van der Waals surface area contributed by atoms with Gasteiger partial charge in [-0.05, 0) is 30.7 Å². The van der Waals surface area contributed by atoms with Crippen molar-refractivity contribution in [2.24, 2.45) is 5.73 Å². The van der Waals surface area contributed by atoms with Gasteiger partial charge < -0.3 is 10.8 Å². The summed E-state index contributed by atoms with van der Waals surface area (Å²) in [6.45, 7) is 0.348. The standard InChI is InChI=1S/C10H11FN2O/c11-9-2-1-7(5-8(9)6-13)10(14)3-4-12/h1-2,5,10,14H,3-4,12H2. The molecular weight excluding hydrogens is 183 g/mol. The van der Waals surface area contributed by atoms with Crippen LogP contribution < -0.4 is 5.73 Å². The maximum atomic E-state index is 12.9. The third-order valence-corrected chi connectivity index (χ3v) is 1.94. The van der Waals surface area contributed by atoms with Gasteiger partial charge in [0.2, 0.25) is 0 Å². The monoisotopic (exact) mass is 194 g/mol. The lowest BCUT2D eigenvalue weighted by atomic mass is 10.0. The molecule has 0 radical (unpaired) electrons. The van der Waals surface area contributed by atoms with Crippen LogP contribution in [0.3, 0.4) is 0 Å². The van der Waals surface area contributed by atoms with Crippen molar-refractivity contribution in [3.05, 3.63) is 35.1 Å². The predicted octanol–water partition coefficient (Wildman–Crippen LogP) is 1.08. The molecule has 1 atom stereocenters. The maximum Gasteiger partial charge on any atom is 0.140 e. The fourth-order valence-electron chi connectivity index (χ4n) is 1.16. The minimum absolute atomic E-state index is 0.0569. The van der Waals surface area contributed by atoms with E-state index >= 15 is 0 Å². The molecule has 1 aromatic rings. The van der Waals surface area contributed by atoms with Crippen molar-refractivity contribution in [2.45, 2.75) is 12.5 Å². The van der Waals surface area contributed by atoms with Gasteiger partial charge in [-0.25, -0.2) is 4.39 Å². The second-order valence-corrected chi connectivity index (χ2v) is 2.94. The minimum atomic E-state index is -0.729. The topological polar surface area (TPSA) is 70.0 Å². The second-order valence-electron chi connectivity index (χ2n) is 2.94. The van der Waals surface area contributed by atoms with Crippen LogP contribution in [-0.4, -0.2) is 11.7 Å². The summed E-state index contributed by atoms with van der Waals surface area (Å²) in [5.74, 6) is -0.573. The van der Waals surface area contributed by atoms with Crippen molar-refractivity contribution >= 4 is 0 Å². The summed E-state index contributed by atoms with van der Waals surface area (Å²) in [5.41, 5.74) is 5.73. The van der Waals surface area contributed by atoms with E-state index in [0.29, 0.717) is 18.5 Å². The normalized spacial score (nSPS) is 12.1. The predicted molar refractivity (Wildman–Crippen MR) is 49.7 cm³/mol. The number of nitrogens with two attached hydrogens (primary N) is 1. The molecule has 14 heavy (non-hydrogen) atoms. The van der Waals surface area contributed by atoms with Crippen molar-refractivity contribution in [3.63, 3.8) is 0 Å². The smallest absolute Gasteiger partial charge is 0.140 e. The van der Waals surface area contributed by atoms with Gasteiger partial charge in [-0.3, -0.25) is 0 Å². The first-order valence-corrected chi connectivity index (χ1v) is 4.26. The number of nitrogens with zero attached hydrogens (tertiary/aromatic N) is 1. The van der Waals surface area contributed by atoms with E-state index in [1.54, 1.807) is 6.07 Å². The Morgan fingerprint density at radius 1 is 1.57 bits per heavy atom. The van der Waals surface area contributed by atoms with Gasteiger partial charge >= 0.3 is 0 Å². The van der Waals surface area contributed by atoms with E-state index in [4.69, 9.17) is 11.0 Å². The molecule has 0 spiro atoms. The molecule has 3 N–H and O–H groups in total. The largest absolute Gasteiger partial charge is 0.388 e. The van der Waals surface area contributed by atoms with E-state index < -0.39 is 11.9 Å². The minimum Gasteiger partial charge on any atom is -0.388 e. The van der Waals surface area contributed by atoms with Crippen LogP contribution in [0.2, 0.25) is 0 Å². The zero-order valence-corrected chi connectivity index (χ0v) is 7.57. The first kappa shape index (κ1) is 10.6. The average Bonchev–Trinajstić information content (AvgIpc) is 2.19. The highest BCUT2D eigenvalue weighted by Gasteiger charge is 2.09. The van der Waals surface area contributed by atoms with Crippen molar-refractivity contribution < 1.29 is 9.50 Å². The number of benzene rings is 1. The lowest BCUT2D eigenvalue weighted by Gasteiger charge is -2.09. The van der Waals surface area contributed by atoms with Crippen LogP contribution in [0, 0.1) is 17.1 Å². The molecule has 4 heteroatoms. The number of rotatable bonds is 3. The highest BCUT2D eigenvalue weighted by molar-refractivity contribution is 5.35. The van der Waals surface area contributed by atoms with Crippen LogP contribution in [0.1, 0.15) is 23.7 Å². The lowest BCUT2D eigenvalue weighted by molar-refractivity contribution is 0.170. The van der Waals surface area contributed by atoms with Gasteiger partial charge in [0, 0.05) is 0 Å². The Labute approximate surface area is 81.6 Å². The van der Waals surface area contributed by atoms with Crippen molar-refractivity contribution in [1.82, 2.24) is 0 Å². The Hall–Kier alpha value is -1.44. The number of aliphatic hydroxyl groups excluding tert-OH is 1. The molecule has 0 aromatic heterocycles. The van der Waals surface area contributed by atoms with Gasteiger partial charge in [0.15, 0.2) is 0 Å². The number of hydrogen-bond acceptors (Lipinski definition) is 3. The molecule has 0 fully saturated rings. The molecule has 0 heterocycles.